The van der Waals surface area contributed by atoms with E-state index in [0.717, 1.165) is 19.3 Å². The number of benzene rings is 1. The van der Waals surface area contributed by atoms with Crippen molar-refractivity contribution in [2.24, 2.45) is 11.7 Å². The van der Waals surface area contributed by atoms with E-state index in [0.29, 0.717) is 22.4 Å². The predicted octanol–water partition coefficient (Wildman–Crippen LogP) is 2.88. The van der Waals surface area contributed by atoms with Crippen LogP contribution < -0.4 is 17.0 Å². The van der Waals surface area contributed by atoms with E-state index in [2.05, 4.69) is 10.1 Å². The van der Waals surface area contributed by atoms with Crippen LogP contribution in [0.5, 0.6) is 0 Å². The van der Waals surface area contributed by atoms with Crippen LogP contribution in [0, 0.1) is 23.3 Å². The summed E-state index contributed by atoms with van der Waals surface area (Å²) in [6.45, 7) is -1.17. The van der Waals surface area contributed by atoms with Crippen molar-refractivity contribution in [1.82, 2.24) is 9.56 Å². The van der Waals surface area contributed by atoms with E-state index in [4.69, 9.17) is 16.2 Å². The van der Waals surface area contributed by atoms with Crippen molar-refractivity contribution in [1.29, 1.82) is 0 Å². The molecule has 0 aromatic heterocycles. The fraction of sp³-hybridized carbons (Fsp3) is 0.588. The monoisotopic (exact) mass is 471 g/mol. The van der Waals surface area contributed by atoms with E-state index < -0.39 is 61.4 Å². The highest BCUT2D eigenvalue weighted by Gasteiger charge is 2.33. The van der Waals surface area contributed by atoms with Crippen LogP contribution in [0.4, 0.5) is 23.2 Å². The molecule has 1 aromatic carbocycles. The largest absolute Gasteiger partial charge is 0.459 e. The fourth-order valence-electron chi connectivity index (χ4n) is 3.16. The molecule has 0 radical (unpaired) electrons. The summed E-state index contributed by atoms with van der Waals surface area (Å²) in [5.41, 5.74) is -2.47. The molecular formula is C17H26F4N5O4P. The summed E-state index contributed by atoms with van der Waals surface area (Å²) in [5.74, 6) is 1.93. The molecule has 1 saturated carbocycles. The van der Waals surface area contributed by atoms with Gasteiger partial charge in [-0.05, 0) is 12.8 Å². The van der Waals surface area contributed by atoms with Gasteiger partial charge >= 0.3 is 13.6 Å². The molecule has 176 valence electrons. The van der Waals surface area contributed by atoms with Crippen LogP contribution in [0.2, 0.25) is 0 Å². The molecule has 1 aromatic rings. The molecule has 0 spiro atoms. The summed E-state index contributed by atoms with van der Waals surface area (Å²) in [6, 6.07) is -0.330. The second-order valence-electron chi connectivity index (χ2n) is 7.09. The van der Waals surface area contributed by atoms with Gasteiger partial charge in [0.25, 0.3) is 0 Å². The van der Waals surface area contributed by atoms with Crippen LogP contribution in [0.25, 0.3) is 0 Å². The van der Waals surface area contributed by atoms with Crippen LogP contribution in [0.1, 0.15) is 42.5 Å². The highest BCUT2D eigenvalue weighted by molar-refractivity contribution is 7.53. The summed E-state index contributed by atoms with van der Waals surface area (Å²) < 4.78 is 80.9. The van der Waals surface area contributed by atoms with E-state index in [9.17, 15) is 26.9 Å². The quantitative estimate of drug-likeness (QED) is 0.0949. The molecule has 0 saturated heterocycles. The normalized spacial score (nSPS) is 15.5. The predicted molar refractivity (Wildman–Crippen MR) is 105 cm³/mol. The SMILES string of the molecule is CN(N)P(=O)(OCCOC(=O)c1c(F)c(F)c(NC2CCCCC2)c(F)c1F)N(C)N. The molecule has 0 aliphatic heterocycles. The minimum atomic E-state index is -3.80. The Kier molecular flexibility index (Phi) is 8.81. The molecule has 1 aliphatic rings. The van der Waals surface area contributed by atoms with E-state index in [1.165, 1.54) is 14.1 Å². The standard InChI is InChI=1S/C17H26F4N5O4P/c1-25(22)31(28,26(2)23)30-9-8-29-17(27)11-12(18)14(20)16(15(21)13(11)19)24-10-6-4-3-5-7-10/h10,24H,3-9,22-23H2,1-2H3. The van der Waals surface area contributed by atoms with Crippen molar-refractivity contribution in [2.45, 2.75) is 38.1 Å². The summed E-state index contributed by atoms with van der Waals surface area (Å²) in [4.78, 5) is 12.0. The first kappa shape index (κ1) is 25.5. The number of nitrogens with zero attached hydrogens (tertiary/aromatic N) is 2. The lowest BCUT2D eigenvalue weighted by molar-refractivity contribution is 0.0424. The number of esters is 1. The van der Waals surface area contributed by atoms with Gasteiger partial charge in [0.1, 0.15) is 17.9 Å². The number of carbonyl (C=O) groups is 1. The number of rotatable bonds is 9. The lowest BCUT2D eigenvalue weighted by Gasteiger charge is -2.28. The number of nitrogens with one attached hydrogen (secondary N) is 1. The topological polar surface area (TPSA) is 123 Å². The minimum absolute atomic E-state index is 0.330. The van der Waals surface area contributed by atoms with Gasteiger partial charge in [0.2, 0.25) is 0 Å². The molecule has 14 heteroatoms. The molecule has 0 atom stereocenters. The van der Waals surface area contributed by atoms with Gasteiger partial charge in [0.15, 0.2) is 23.3 Å². The molecule has 5 N–H and O–H groups in total. The number of anilines is 1. The molecule has 0 unspecified atom stereocenters. The van der Waals surface area contributed by atoms with Crippen LogP contribution in [-0.4, -0.2) is 48.9 Å². The summed E-state index contributed by atoms with van der Waals surface area (Å²) in [6.07, 6.45) is 3.83. The average molecular weight is 471 g/mol. The van der Waals surface area contributed by atoms with Gasteiger partial charge in [0, 0.05) is 20.1 Å². The summed E-state index contributed by atoms with van der Waals surface area (Å²) in [7, 11) is -1.36. The molecule has 0 amide bonds. The zero-order chi connectivity index (χ0) is 23.3. The number of halogens is 4. The Bertz CT molecular complexity index is 811. The maximum atomic E-state index is 14.4. The van der Waals surface area contributed by atoms with E-state index in [1.807, 2.05) is 0 Å². The van der Waals surface area contributed by atoms with Crippen molar-refractivity contribution in [3.63, 3.8) is 0 Å². The maximum Gasteiger partial charge on any atom is 0.371 e. The molecule has 9 nitrogen and oxygen atoms in total. The van der Waals surface area contributed by atoms with Crippen molar-refractivity contribution >= 4 is 19.3 Å². The molecule has 0 heterocycles. The average Bonchev–Trinajstić information content (AvgIpc) is 2.73. The van der Waals surface area contributed by atoms with Gasteiger partial charge < -0.3 is 14.6 Å². The number of hydrazine groups is 2. The molecule has 1 aliphatic carbocycles. The van der Waals surface area contributed by atoms with Gasteiger partial charge in [-0.2, -0.15) is 9.56 Å². The zero-order valence-corrected chi connectivity index (χ0v) is 18.1. The summed E-state index contributed by atoms with van der Waals surface area (Å²) >= 11 is 0. The molecule has 2 rings (SSSR count). The number of ether oxygens (including phenoxy) is 1. The Balaban J connectivity index is 2.10. The second kappa shape index (κ2) is 10.7. The maximum absolute atomic E-state index is 14.4. The molecular weight excluding hydrogens is 445 g/mol. The van der Waals surface area contributed by atoms with Gasteiger partial charge in [-0.3, -0.25) is 16.3 Å². The van der Waals surface area contributed by atoms with Crippen molar-refractivity contribution in [3.8, 4) is 0 Å². The van der Waals surface area contributed by atoms with Crippen LogP contribution in [0.3, 0.4) is 0 Å². The van der Waals surface area contributed by atoms with Crippen molar-refractivity contribution in [3.05, 3.63) is 28.8 Å². The highest BCUT2D eigenvalue weighted by Crippen LogP contribution is 2.48. The lowest BCUT2D eigenvalue weighted by Crippen LogP contribution is -2.36. The first-order valence-electron chi connectivity index (χ1n) is 9.52. The minimum Gasteiger partial charge on any atom is -0.459 e. The third-order valence-corrected chi connectivity index (χ3v) is 6.91. The van der Waals surface area contributed by atoms with Crippen molar-refractivity contribution in [2.75, 3.05) is 32.6 Å². The first-order chi connectivity index (χ1) is 14.5. The van der Waals surface area contributed by atoms with Crippen LogP contribution >= 0.6 is 7.67 Å². The van der Waals surface area contributed by atoms with Crippen LogP contribution in [0.15, 0.2) is 0 Å². The summed E-state index contributed by atoms with van der Waals surface area (Å²) in [5, 5.41) is 2.49. The highest BCUT2D eigenvalue weighted by atomic mass is 31.2. The Morgan fingerprint density at radius 3 is 2.00 bits per heavy atom. The van der Waals surface area contributed by atoms with E-state index in [-0.39, 0.29) is 6.04 Å². The Hall–Kier alpha value is -1.76. The van der Waals surface area contributed by atoms with E-state index in [1.54, 1.807) is 0 Å². The molecule has 0 bridgehead atoms. The Morgan fingerprint density at radius 1 is 1.00 bits per heavy atom. The third-order valence-electron chi connectivity index (χ3n) is 4.79. The first-order valence-corrected chi connectivity index (χ1v) is 11.1. The van der Waals surface area contributed by atoms with Gasteiger partial charge in [-0.25, -0.2) is 22.4 Å². The number of carbonyl (C=O) groups excluding carboxylic acids is 1. The molecule has 1 fully saturated rings. The number of nitrogens with two attached hydrogens (primary N) is 2. The smallest absolute Gasteiger partial charge is 0.371 e. The Morgan fingerprint density at radius 2 is 1.52 bits per heavy atom. The van der Waals surface area contributed by atoms with E-state index >= 15 is 0 Å². The number of hydrogen-bond acceptors (Lipinski definition) is 7. The van der Waals surface area contributed by atoms with Gasteiger partial charge in [-0.1, -0.05) is 19.3 Å². The van der Waals surface area contributed by atoms with Crippen molar-refractivity contribution < 1.29 is 36.2 Å². The third kappa shape index (κ3) is 5.73. The van der Waals surface area contributed by atoms with Gasteiger partial charge in [-0.15, -0.1) is 0 Å². The Labute approximate surface area is 177 Å². The van der Waals surface area contributed by atoms with Crippen LogP contribution in [-0.2, 0) is 13.8 Å². The fourth-order valence-corrected chi connectivity index (χ4v) is 4.28. The zero-order valence-electron chi connectivity index (χ0n) is 17.2. The number of hydrogen-bond donors (Lipinski definition) is 3. The second-order valence-corrected chi connectivity index (χ2v) is 9.59. The van der Waals surface area contributed by atoms with Gasteiger partial charge in [0.05, 0.1) is 6.61 Å². The lowest BCUT2D eigenvalue weighted by atomic mass is 9.95. The molecule has 31 heavy (non-hydrogen) atoms.